The van der Waals surface area contributed by atoms with Gasteiger partial charge in [0.1, 0.15) is 35.7 Å². The number of fused-ring (bicyclic) bond motifs is 5. The molecule has 1 aliphatic heterocycles. The molecule has 0 spiro atoms. The van der Waals surface area contributed by atoms with Gasteiger partial charge in [0.2, 0.25) is 23.6 Å². The standard InChI is InChI=1S/C53H68N6O9/c1-5-6-7-8-9-10-11-14-35-16-19-37(20-17-35)40-23-21-39(29-33(40)2)50(64)55-28-26-47(62)57-43(15-12-13-27-54)52(66)59(4)48-38-22-25-46(61)42(32-38)41-30-36(18-24-45(41)60)31-44(53(67)68)58-49(63)34(3)56-51(48)65/h16-25,29-30,32,34,43-44,48,60-61H,5-15,26-28,31,54H2,1-4H3,(H,55,64)(H,56,65)(H,57,62)(H,58,63)(H,67,68)/t34-,43-,44-,48-/m0/s1. The largest absolute Gasteiger partial charge is 0.507 e. The minimum absolute atomic E-state index is 0.0245. The van der Waals surface area contributed by atoms with Crippen LogP contribution in [-0.4, -0.2) is 94.0 Å². The maximum Gasteiger partial charge on any atom is 0.326 e. The number of carbonyl (C=O) groups excluding carboxylic acids is 5. The molecule has 0 radical (unpaired) electrons. The van der Waals surface area contributed by atoms with E-state index in [0.29, 0.717) is 30.5 Å². The zero-order valence-corrected chi connectivity index (χ0v) is 39.7. The molecule has 0 aliphatic carbocycles. The first kappa shape index (κ1) is 52.2. The number of aromatic hydroxyl groups is 2. The van der Waals surface area contributed by atoms with E-state index < -0.39 is 53.8 Å². The van der Waals surface area contributed by atoms with Gasteiger partial charge in [-0.25, -0.2) is 4.79 Å². The topological polar surface area (TPSA) is 240 Å². The van der Waals surface area contributed by atoms with Gasteiger partial charge in [-0.15, -0.1) is 0 Å². The molecule has 0 saturated carbocycles. The molecule has 68 heavy (non-hydrogen) atoms. The summed E-state index contributed by atoms with van der Waals surface area (Å²) in [6.07, 6.45) is 10.8. The minimum Gasteiger partial charge on any atom is -0.507 e. The summed E-state index contributed by atoms with van der Waals surface area (Å²) in [6, 6.07) is 17.3. The molecule has 0 fully saturated rings. The van der Waals surface area contributed by atoms with Gasteiger partial charge in [-0.2, -0.15) is 0 Å². The highest BCUT2D eigenvalue weighted by molar-refractivity contribution is 5.97. The van der Waals surface area contributed by atoms with Crippen LogP contribution in [0.25, 0.3) is 22.3 Å². The number of aryl methyl sites for hydroxylation is 2. The number of hydrogen-bond donors (Lipinski definition) is 8. The van der Waals surface area contributed by atoms with Crippen LogP contribution < -0.4 is 27.0 Å². The molecule has 4 bridgehead atoms. The lowest BCUT2D eigenvalue weighted by Gasteiger charge is -2.32. The van der Waals surface area contributed by atoms with Gasteiger partial charge in [0, 0.05) is 43.1 Å². The number of unbranched alkanes of at least 4 members (excludes halogenated alkanes) is 7. The molecule has 5 rings (SSSR count). The highest BCUT2D eigenvalue weighted by Gasteiger charge is 2.36. The van der Waals surface area contributed by atoms with Crippen molar-refractivity contribution in [1.29, 1.82) is 0 Å². The molecule has 0 unspecified atom stereocenters. The first-order valence-corrected chi connectivity index (χ1v) is 23.8. The first-order chi connectivity index (χ1) is 32.6. The summed E-state index contributed by atoms with van der Waals surface area (Å²) in [7, 11) is 1.37. The monoisotopic (exact) mass is 933 g/mol. The number of nitrogens with two attached hydrogens (primary N) is 1. The third kappa shape index (κ3) is 14.4. The Morgan fingerprint density at radius 1 is 0.794 bits per heavy atom. The Hall–Kier alpha value is -6.74. The van der Waals surface area contributed by atoms with Crippen LogP contribution in [0.15, 0.2) is 78.9 Å². The lowest BCUT2D eigenvalue weighted by atomic mass is 9.93. The number of aliphatic carboxylic acids is 1. The van der Waals surface area contributed by atoms with Crippen LogP contribution in [0.1, 0.15) is 123 Å². The Bertz CT molecular complexity index is 2400. The van der Waals surface area contributed by atoms with Gasteiger partial charge in [-0.05, 0) is 122 Å². The van der Waals surface area contributed by atoms with Crippen LogP contribution in [0.4, 0.5) is 0 Å². The second kappa shape index (κ2) is 25.4. The van der Waals surface area contributed by atoms with Crippen molar-refractivity contribution in [2.45, 2.75) is 128 Å². The van der Waals surface area contributed by atoms with Gasteiger partial charge >= 0.3 is 5.97 Å². The van der Waals surface area contributed by atoms with E-state index in [2.05, 4.69) is 52.5 Å². The maximum absolute atomic E-state index is 14.4. The summed E-state index contributed by atoms with van der Waals surface area (Å²) in [5.41, 5.74) is 11.4. The number of hydrogen-bond acceptors (Lipinski definition) is 9. The van der Waals surface area contributed by atoms with Crippen LogP contribution in [0, 0.1) is 6.92 Å². The number of nitrogens with zero attached hydrogens (tertiary/aromatic N) is 1. The van der Waals surface area contributed by atoms with Crippen LogP contribution >= 0.6 is 0 Å². The van der Waals surface area contributed by atoms with Crippen molar-refractivity contribution in [3.05, 3.63) is 107 Å². The number of phenols is 2. The molecule has 4 atom stereocenters. The number of carboxylic acid groups (broad SMARTS) is 1. The lowest BCUT2D eigenvalue weighted by Crippen LogP contribution is -2.54. The predicted molar refractivity (Wildman–Crippen MR) is 262 cm³/mol. The van der Waals surface area contributed by atoms with Crippen molar-refractivity contribution in [3.8, 4) is 33.8 Å². The Kier molecular flexibility index (Phi) is 19.5. The second-order valence-corrected chi connectivity index (χ2v) is 17.8. The average molecular weight is 933 g/mol. The molecule has 9 N–H and O–H groups in total. The van der Waals surface area contributed by atoms with Crippen molar-refractivity contribution in [2.24, 2.45) is 5.73 Å². The Balaban J connectivity index is 1.26. The Morgan fingerprint density at radius 2 is 1.47 bits per heavy atom. The molecule has 4 aromatic carbocycles. The lowest BCUT2D eigenvalue weighted by molar-refractivity contribution is -0.144. The van der Waals surface area contributed by atoms with Gasteiger partial charge in [0.05, 0.1) is 0 Å². The summed E-state index contributed by atoms with van der Waals surface area (Å²) in [5, 5.41) is 42.4. The number of carbonyl (C=O) groups is 6. The van der Waals surface area contributed by atoms with Gasteiger partial charge < -0.3 is 47.2 Å². The van der Waals surface area contributed by atoms with E-state index in [-0.39, 0.29) is 59.9 Å². The third-order valence-electron chi connectivity index (χ3n) is 12.5. The SMILES string of the molecule is CCCCCCCCCc1ccc(-c2ccc(C(=O)NCCC(=O)N[C@@H](CCCCN)C(=O)N(C)[C@@H]3C(=O)N[C@@H](C)C(=O)N[C@H](C(=O)O)Cc4ccc(O)c(c4)-c4cc3ccc4O)cc2C)cc1. The maximum atomic E-state index is 14.4. The van der Waals surface area contributed by atoms with Gasteiger partial charge in [0.15, 0.2) is 0 Å². The fraction of sp³-hybridized carbons (Fsp3) is 0.434. The summed E-state index contributed by atoms with van der Waals surface area (Å²) >= 11 is 0. The number of likely N-dealkylation sites (N-methyl/N-ethyl adjacent to an activating group) is 1. The van der Waals surface area contributed by atoms with E-state index in [9.17, 15) is 44.1 Å². The van der Waals surface area contributed by atoms with E-state index >= 15 is 0 Å². The molecular formula is C53H68N6O9. The molecule has 364 valence electrons. The van der Waals surface area contributed by atoms with Crippen LogP contribution in [0.5, 0.6) is 11.5 Å². The Labute approximate surface area is 399 Å². The quantitative estimate of drug-likeness (QED) is 0.0417. The smallest absolute Gasteiger partial charge is 0.326 e. The van der Waals surface area contributed by atoms with Gasteiger partial charge in [0.25, 0.3) is 5.91 Å². The van der Waals surface area contributed by atoms with E-state index in [4.69, 9.17) is 5.73 Å². The zero-order chi connectivity index (χ0) is 49.3. The summed E-state index contributed by atoms with van der Waals surface area (Å²) in [6.45, 7) is 5.87. The first-order valence-electron chi connectivity index (χ1n) is 23.8. The van der Waals surface area contributed by atoms with Crippen LogP contribution in [0.3, 0.4) is 0 Å². The number of nitrogens with one attached hydrogen (secondary N) is 4. The second-order valence-electron chi connectivity index (χ2n) is 17.8. The molecule has 15 nitrogen and oxygen atoms in total. The highest BCUT2D eigenvalue weighted by Crippen LogP contribution is 2.39. The number of rotatable bonds is 21. The van der Waals surface area contributed by atoms with E-state index in [1.165, 1.54) is 101 Å². The Morgan fingerprint density at radius 3 is 2.15 bits per heavy atom. The molecule has 0 aromatic heterocycles. The van der Waals surface area contributed by atoms with Crippen molar-refractivity contribution in [2.75, 3.05) is 20.1 Å². The van der Waals surface area contributed by atoms with E-state index in [1.807, 2.05) is 19.1 Å². The van der Waals surface area contributed by atoms with Crippen molar-refractivity contribution in [1.82, 2.24) is 26.2 Å². The summed E-state index contributed by atoms with van der Waals surface area (Å²) in [5.74, 6) is -4.98. The van der Waals surface area contributed by atoms with Crippen LogP contribution in [-0.2, 0) is 36.8 Å². The van der Waals surface area contributed by atoms with Crippen molar-refractivity contribution in [3.63, 3.8) is 0 Å². The molecular weight excluding hydrogens is 865 g/mol. The van der Waals surface area contributed by atoms with Gasteiger partial charge in [-0.3, -0.25) is 24.0 Å². The zero-order valence-electron chi connectivity index (χ0n) is 39.7. The number of carboxylic acids is 1. The predicted octanol–water partition coefficient (Wildman–Crippen LogP) is 6.60. The molecule has 1 heterocycles. The van der Waals surface area contributed by atoms with E-state index in [1.54, 1.807) is 6.07 Å². The average Bonchev–Trinajstić information content (AvgIpc) is 3.31. The van der Waals surface area contributed by atoms with E-state index in [0.717, 1.165) is 28.0 Å². The van der Waals surface area contributed by atoms with Crippen molar-refractivity contribution < 1.29 is 44.1 Å². The molecule has 4 aromatic rings. The molecule has 0 saturated heterocycles. The van der Waals surface area contributed by atoms with Gasteiger partial charge in [-0.1, -0.05) is 87.9 Å². The normalized spacial score (nSPS) is 16.4. The fourth-order valence-corrected chi connectivity index (χ4v) is 8.55. The summed E-state index contributed by atoms with van der Waals surface area (Å²) in [4.78, 5) is 82.0. The summed E-state index contributed by atoms with van der Waals surface area (Å²) < 4.78 is 0. The van der Waals surface area contributed by atoms with Crippen molar-refractivity contribution >= 4 is 35.5 Å². The molecule has 15 heteroatoms. The molecule has 5 amide bonds. The van der Waals surface area contributed by atoms with Crippen LogP contribution in [0.2, 0.25) is 0 Å². The highest BCUT2D eigenvalue weighted by atomic mass is 16.4. The number of benzene rings is 4. The molecule has 1 aliphatic rings. The number of phenolic OH excluding ortho intramolecular Hbond substituents is 2. The fourth-order valence-electron chi connectivity index (χ4n) is 8.55. The number of amides is 5. The minimum atomic E-state index is -1.44. The third-order valence-corrected chi connectivity index (χ3v) is 12.5.